The van der Waals surface area contributed by atoms with Gasteiger partial charge in [-0.25, -0.2) is 0 Å². The molecular formula is C13H13ClN2O2. The van der Waals surface area contributed by atoms with E-state index in [1.807, 2.05) is 6.20 Å². The van der Waals surface area contributed by atoms with Crippen molar-refractivity contribution in [1.29, 1.82) is 0 Å². The molecule has 2 aromatic rings. The molecule has 1 atom stereocenters. The van der Waals surface area contributed by atoms with Crippen LogP contribution in [0.3, 0.4) is 0 Å². The molecule has 0 aliphatic rings. The number of aryl methyl sites for hydroxylation is 1. The maximum Gasteiger partial charge on any atom is 0.311 e. The molecule has 0 saturated heterocycles. The molecule has 0 fully saturated rings. The van der Waals surface area contributed by atoms with Crippen molar-refractivity contribution >= 4 is 17.6 Å². The van der Waals surface area contributed by atoms with Crippen LogP contribution in [-0.4, -0.2) is 20.9 Å². The molecule has 1 unspecified atom stereocenters. The van der Waals surface area contributed by atoms with E-state index in [4.69, 9.17) is 11.6 Å². The number of halogens is 1. The Morgan fingerprint density at radius 3 is 2.89 bits per heavy atom. The first-order valence-corrected chi connectivity index (χ1v) is 5.90. The van der Waals surface area contributed by atoms with Crippen LogP contribution in [0.1, 0.15) is 17.0 Å². The third kappa shape index (κ3) is 2.90. The predicted octanol–water partition coefficient (Wildman–Crippen LogP) is 2.48. The van der Waals surface area contributed by atoms with Crippen LogP contribution in [0.4, 0.5) is 0 Å². The van der Waals surface area contributed by atoms with Crippen molar-refractivity contribution in [1.82, 2.24) is 9.78 Å². The minimum atomic E-state index is -0.860. The Bertz CT molecular complexity index is 566. The summed E-state index contributed by atoms with van der Waals surface area (Å²) in [7, 11) is 1.80. The first kappa shape index (κ1) is 12.6. The van der Waals surface area contributed by atoms with Crippen LogP contribution in [0.2, 0.25) is 5.02 Å². The van der Waals surface area contributed by atoms with Gasteiger partial charge in [0.15, 0.2) is 0 Å². The van der Waals surface area contributed by atoms with Crippen LogP contribution in [0.25, 0.3) is 0 Å². The number of aliphatic carboxylic acids is 1. The standard InChI is InChI=1S/C13H13ClN2O2/c1-16-8-9(7-15-16)5-12(13(17)18)10-3-2-4-11(14)6-10/h2-4,6-8,12H,5H2,1H3,(H,17,18). The van der Waals surface area contributed by atoms with Gasteiger partial charge in [-0.2, -0.15) is 5.10 Å². The number of hydrogen-bond donors (Lipinski definition) is 1. The summed E-state index contributed by atoms with van der Waals surface area (Å²) >= 11 is 5.89. The van der Waals surface area contributed by atoms with E-state index < -0.39 is 11.9 Å². The largest absolute Gasteiger partial charge is 0.481 e. The van der Waals surface area contributed by atoms with Crippen molar-refractivity contribution in [2.75, 3.05) is 0 Å². The molecule has 0 aliphatic carbocycles. The molecule has 0 aliphatic heterocycles. The summed E-state index contributed by atoms with van der Waals surface area (Å²) in [4.78, 5) is 11.4. The van der Waals surface area contributed by atoms with E-state index in [0.29, 0.717) is 17.0 Å². The number of carboxylic acid groups (broad SMARTS) is 1. The smallest absolute Gasteiger partial charge is 0.311 e. The molecule has 0 saturated carbocycles. The number of carbonyl (C=O) groups is 1. The molecule has 18 heavy (non-hydrogen) atoms. The zero-order chi connectivity index (χ0) is 13.1. The highest BCUT2D eigenvalue weighted by molar-refractivity contribution is 6.30. The van der Waals surface area contributed by atoms with Crippen molar-refractivity contribution in [3.63, 3.8) is 0 Å². The first-order valence-electron chi connectivity index (χ1n) is 5.52. The molecule has 1 aromatic heterocycles. The Morgan fingerprint density at radius 1 is 1.56 bits per heavy atom. The lowest BCUT2D eigenvalue weighted by Crippen LogP contribution is -2.14. The molecular weight excluding hydrogens is 252 g/mol. The molecule has 5 heteroatoms. The maximum atomic E-state index is 11.4. The molecule has 2 rings (SSSR count). The number of hydrogen-bond acceptors (Lipinski definition) is 2. The lowest BCUT2D eigenvalue weighted by atomic mass is 9.93. The Morgan fingerprint density at radius 2 is 2.33 bits per heavy atom. The average Bonchev–Trinajstić information content (AvgIpc) is 2.71. The highest BCUT2D eigenvalue weighted by Gasteiger charge is 2.21. The highest BCUT2D eigenvalue weighted by atomic mass is 35.5. The van der Waals surface area contributed by atoms with Gasteiger partial charge in [0.1, 0.15) is 0 Å². The summed E-state index contributed by atoms with van der Waals surface area (Å²) in [5, 5.41) is 13.9. The van der Waals surface area contributed by atoms with Gasteiger partial charge in [0.05, 0.1) is 12.1 Å². The molecule has 0 amide bonds. The zero-order valence-electron chi connectivity index (χ0n) is 9.88. The van der Waals surface area contributed by atoms with E-state index in [1.54, 1.807) is 42.2 Å². The van der Waals surface area contributed by atoms with E-state index in [9.17, 15) is 9.90 Å². The second kappa shape index (κ2) is 5.23. The summed E-state index contributed by atoms with van der Waals surface area (Å²) in [6.45, 7) is 0. The van der Waals surface area contributed by atoms with Crippen LogP contribution < -0.4 is 0 Å². The monoisotopic (exact) mass is 264 g/mol. The number of benzene rings is 1. The fraction of sp³-hybridized carbons (Fsp3) is 0.231. The topological polar surface area (TPSA) is 55.1 Å². The Hall–Kier alpha value is -1.81. The van der Waals surface area contributed by atoms with Crippen LogP contribution in [-0.2, 0) is 18.3 Å². The fourth-order valence-electron chi connectivity index (χ4n) is 1.88. The fourth-order valence-corrected chi connectivity index (χ4v) is 2.08. The SMILES string of the molecule is Cn1cc(CC(C(=O)O)c2cccc(Cl)c2)cn1. The summed E-state index contributed by atoms with van der Waals surface area (Å²) in [5.74, 6) is -1.46. The van der Waals surface area contributed by atoms with Crippen molar-refractivity contribution < 1.29 is 9.90 Å². The molecule has 1 heterocycles. The van der Waals surface area contributed by atoms with Gasteiger partial charge in [-0.05, 0) is 29.7 Å². The van der Waals surface area contributed by atoms with E-state index in [2.05, 4.69) is 5.10 Å². The summed E-state index contributed by atoms with van der Waals surface area (Å²) in [6, 6.07) is 6.96. The molecule has 4 nitrogen and oxygen atoms in total. The zero-order valence-corrected chi connectivity index (χ0v) is 10.6. The molecule has 0 bridgehead atoms. The Balaban J connectivity index is 2.26. The van der Waals surface area contributed by atoms with Gasteiger partial charge < -0.3 is 5.11 Å². The predicted molar refractivity (Wildman–Crippen MR) is 68.7 cm³/mol. The summed E-state index contributed by atoms with van der Waals surface area (Å²) < 4.78 is 1.66. The third-order valence-electron chi connectivity index (χ3n) is 2.75. The number of nitrogens with zero attached hydrogens (tertiary/aromatic N) is 2. The molecule has 1 aromatic carbocycles. The van der Waals surface area contributed by atoms with Crippen molar-refractivity contribution in [3.8, 4) is 0 Å². The van der Waals surface area contributed by atoms with Gasteiger partial charge >= 0.3 is 5.97 Å². The van der Waals surface area contributed by atoms with Crippen molar-refractivity contribution in [2.45, 2.75) is 12.3 Å². The Labute approximate surface area is 110 Å². The summed E-state index contributed by atoms with van der Waals surface area (Å²) in [6.07, 6.45) is 3.91. The number of aromatic nitrogens is 2. The third-order valence-corrected chi connectivity index (χ3v) is 2.98. The van der Waals surface area contributed by atoms with Gasteiger partial charge in [0.2, 0.25) is 0 Å². The minimum absolute atomic E-state index is 0.406. The van der Waals surface area contributed by atoms with Crippen LogP contribution in [0, 0.1) is 0 Å². The van der Waals surface area contributed by atoms with E-state index in [0.717, 1.165) is 5.56 Å². The molecule has 0 spiro atoms. The lowest BCUT2D eigenvalue weighted by Gasteiger charge is -2.11. The quantitative estimate of drug-likeness (QED) is 0.923. The average molecular weight is 265 g/mol. The second-order valence-electron chi connectivity index (χ2n) is 4.17. The second-order valence-corrected chi connectivity index (χ2v) is 4.61. The van der Waals surface area contributed by atoms with Crippen molar-refractivity contribution in [3.05, 3.63) is 52.8 Å². The van der Waals surface area contributed by atoms with Gasteiger partial charge in [0, 0.05) is 18.3 Å². The van der Waals surface area contributed by atoms with Crippen LogP contribution in [0.5, 0.6) is 0 Å². The normalized spacial score (nSPS) is 12.3. The minimum Gasteiger partial charge on any atom is -0.481 e. The summed E-state index contributed by atoms with van der Waals surface area (Å²) in [5.41, 5.74) is 1.60. The van der Waals surface area contributed by atoms with Gasteiger partial charge in [0.25, 0.3) is 0 Å². The van der Waals surface area contributed by atoms with E-state index >= 15 is 0 Å². The Kier molecular flexibility index (Phi) is 3.67. The van der Waals surface area contributed by atoms with Gasteiger partial charge in [-0.1, -0.05) is 23.7 Å². The number of rotatable bonds is 4. The van der Waals surface area contributed by atoms with Gasteiger partial charge in [-0.15, -0.1) is 0 Å². The van der Waals surface area contributed by atoms with Crippen molar-refractivity contribution in [2.24, 2.45) is 7.05 Å². The number of carboxylic acids is 1. The van der Waals surface area contributed by atoms with E-state index in [1.165, 1.54) is 0 Å². The molecule has 94 valence electrons. The van der Waals surface area contributed by atoms with Gasteiger partial charge in [-0.3, -0.25) is 9.48 Å². The van der Waals surface area contributed by atoms with Crippen LogP contribution in [0.15, 0.2) is 36.7 Å². The highest BCUT2D eigenvalue weighted by Crippen LogP contribution is 2.23. The molecule has 0 radical (unpaired) electrons. The lowest BCUT2D eigenvalue weighted by molar-refractivity contribution is -0.138. The van der Waals surface area contributed by atoms with Crippen LogP contribution >= 0.6 is 11.6 Å². The first-order chi connectivity index (χ1) is 8.56. The maximum absolute atomic E-state index is 11.4. The van der Waals surface area contributed by atoms with E-state index in [-0.39, 0.29) is 0 Å². The molecule has 1 N–H and O–H groups in total.